The first-order chi connectivity index (χ1) is 12.9. The number of hydrogen-bond donors (Lipinski definition) is 1. The number of nitrogens with zero attached hydrogens (tertiary/aromatic N) is 1. The Labute approximate surface area is 157 Å². The summed E-state index contributed by atoms with van der Waals surface area (Å²) in [6.07, 6.45) is 27.8. The summed E-state index contributed by atoms with van der Waals surface area (Å²) in [5.74, 6) is 0.552. The van der Waals surface area contributed by atoms with Crippen LogP contribution in [0.5, 0.6) is 0 Å². The topological polar surface area (TPSA) is 24.4 Å². The smallest absolute Gasteiger partial charge is 0.0592 e. The second kappa shape index (κ2) is 8.53. The Bertz CT molecular complexity index is 740. The Morgan fingerprint density at radius 1 is 1.08 bits per heavy atom. The highest BCUT2D eigenvalue weighted by atomic mass is 14.9. The van der Waals surface area contributed by atoms with Crippen LogP contribution >= 0.6 is 0 Å². The van der Waals surface area contributed by atoms with E-state index in [4.69, 9.17) is 4.99 Å². The van der Waals surface area contributed by atoms with Crippen LogP contribution in [0.15, 0.2) is 76.0 Å². The van der Waals surface area contributed by atoms with Gasteiger partial charge in [0.1, 0.15) is 0 Å². The van der Waals surface area contributed by atoms with Crippen molar-refractivity contribution in [2.75, 3.05) is 13.1 Å². The molecule has 0 radical (unpaired) electrons. The predicted octanol–water partition coefficient (Wildman–Crippen LogP) is 5.58. The summed E-state index contributed by atoms with van der Waals surface area (Å²) >= 11 is 0. The lowest BCUT2D eigenvalue weighted by Gasteiger charge is -2.31. The van der Waals surface area contributed by atoms with Crippen molar-refractivity contribution in [3.8, 4) is 0 Å². The van der Waals surface area contributed by atoms with Crippen LogP contribution < -0.4 is 5.32 Å². The molecule has 0 aromatic carbocycles. The van der Waals surface area contributed by atoms with Gasteiger partial charge in [0.25, 0.3) is 0 Å². The summed E-state index contributed by atoms with van der Waals surface area (Å²) in [5.41, 5.74) is 7.25. The number of allylic oxidation sites excluding steroid dienone is 11. The summed E-state index contributed by atoms with van der Waals surface area (Å²) in [7, 11) is 0. The van der Waals surface area contributed by atoms with E-state index in [0.717, 1.165) is 38.8 Å². The van der Waals surface area contributed by atoms with Crippen molar-refractivity contribution < 1.29 is 0 Å². The number of dihydropyridines is 1. The van der Waals surface area contributed by atoms with E-state index in [1.165, 1.54) is 48.2 Å². The van der Waals surface area contributed by atoms with E-state index in [1.807, 2.05) is 0 Å². The lowest BCUT2D eigenvalue weighted by Crippen LogP contribution is -2.31. The van der Waals surface area contributed by atoms with Crippen molar-refractivity contribution in [1.82, 2.24) is 5.32 Å². The molecule has 1 atom stereocenters. The molecule has 4 rings (SSSR count). The first-order valence-electron chi connectivity index (χ1n) is 10.3. The van der Waals surface area contributed by atoms with Gasteiger partial charge in [-0.15, -0.1) is 0 Å². The fourth-order valence-corrected chi connectivity index (χ4v) is 4.44. The molecular weight excluding hydrogens is 316 g/mol. The zero-order chi connectivity index (χ0) is 17.6. The maximum absolute atomic E-state index is 5.02. The van der Waals surface area contributed by atoms with E-state index in [-0.39, 0.29) is 0 Å². The number of aliphatic imine (C=N–C) groups is 1. The fraction of sp³-hybridized carbons (Fsp3) is 0.458. The largest absolute Gasteiger partial charge is 0.380 e. The molecule has 2 nitrogen and oxygen atoms in total. The Kier molecular flexibility index (Phi) is 5.68. The van der Waals surface area contributed by atoms with Crippen molar-refractivity contribution in [1.29, 1.82) is 0 Å². The van der Waals surface area contributed by atoms with E-state index >= 15 is 0 Å². The SMILES string of the molecule is C1=CCC(C2=CCNC3=C2CCC/C3=N\CCCC2=CCCC=C2)C=C1. The first kappa shape index (κ1) is 17.3. The molecule has 0 aromatic rings. The summed E-state index contributed by atoms with van der Waals surface area (Å²) in [4.78, 5) is 5.02. The molecule has 1 aliphatic heterocycles. The highest BCUT2D eigenvalue weighted by Gasteiger charge is 2.26. The zero-order valence-electron chi connectivity index (χ0n) is 15.7. The zero-order valence-corrected chi connectivity index (χ0v) is 15.7. The molecule has 1 heterocycles. The molecule has 136 valence electrons. The molecule has 1 N–H and O–H groups in total. The van der Waals surface area contributed by atoms with Gasteiger partial charge in [0.2, 0.25) is 0 Å². The maximum atomic E-state index is 5.02. The highest BCUT2D eigenvalue weighted by Crippen LogP contribution is 2.36. The van der Waals surface area contributed by atoms with Crippen molar-refractivity contribution >= 4 is 5.71 Å². The minimum atomic E-state index is 0.552. The van der Waals surface area contributed by atoms with Gasteiger partial charge < -0.3 is 5.32 Å². The molecule has 1 unspecified atom stereocenters. The second-order valence-corrected chi connectivity index (χ2v) is 7.59. The lowest BCUT2D eigenvalue weighted by atomic mass is 9.79. The molecule has 0 aromatic heterocycles. The summed E-state index contributed by atoms with van der Waals surface area (Å²) in [6, 6.07) is 0. The molecular formula is C24H30N2. The molecule has 26 heavy (non-hydrogen) atoms. The monoisotopic (exact) mass is 346 g/mol. The molecule has 4 aliphatic rings. The van der Waals surface area contributed by atoms with Crippen LogP contribution in [0.1, 0.15) is 51.4 Å². The van der Waals surface area contributed by atoms with Crippen LogP contribution in [0.4, 0.5) is 0 Å². The van der Waals surface area contributed by atoms with Gasteiger partial charge >= 0.3 is 0 Å². The minimum Gasteiger partial charge on any atom is -0.380 e. The standard InChI is InChI=1S/C24H30N2/c1-3-9-19(10-4-1)11-8-17-25-23-15-7-14-22-21(16-18-26-24(22)23)20-12-5-2-6-13-20/h2-3,5-6,9-10,12,16,20,26H,1,4,7-8,11,13-15,17-18H2/b25-23+. The molecule has 0 spiro atoms. The third-order valence-corrected chi connectivity index (χ3v) is 5.76. The average molecular weight is 347 g/mol. The van der Waals surface area contributed by atoms with Crippen LogP contribution in [0.25, 0.3) is 0 Å². The Morgan fingerprint density at radius 3 is 2.92 bits per heavy atom. The van der Waals surface area contributed by atoms with Gasteiger partial charge in [-0.3, -0.25) is 4.99 Å². The average Bonchev–Trinajstić information content (AvgIpc) is 2.72. The van der Waals surface area contributed by atoms with Crippen LogP contribution in [0.2, 0.25) is 0 Å². The summed E-state index contributed by atoms with van der Waals surface area (Å²) in [5, 5.41) is 3.64. The van der Waals surface area contributed by atoms with Crippen molar-refractivity contribution in [3.05, 3.63) is 71.0 Å². The minimum absolute atomic E-state index is 0.552. The second-order valence-electron chi connectivity index (χ2n) is 7.59. The fourth-order valence-electron chi connectivity index (χ4n) is 4.44. The molecule has 0 amide bonds. The van der Waals surface area contributed by atoms with Crippen molar-refractivity contribution in [2.45, 2.75) is 51.4 Å². The van der Waals surface area contributed by atoms with E-state index in [9.17, 15) is 0 Å². The maximum Gasteiger partial charge on any atom is 0.0592 e. The van der Waals surface area contributed by atoms with E-state index in [1.54, 1.807) is 5.57 Å². The first-order valence-corrected chi connectivity index (χ1v) is 10.3. The summed E-state index contributed by atoms with van der Waals surface area (Å²) in [6.45, 7) is 1.89. The number of hydrogen-bond acceptors (Lipinski definition) is 2. The molecule has 0 bridgehead atoms. The molecule has 3 aliphatic carbocycles. The Hall–Kier alpha value is -2.09. The van der Waals surface area contributed by atoms with Gasteiger partial charge in [-0.05, 0) is 62.5 Å². The van der Waals surface area contributed by atoms with Crippen LogP contribution in [0.3, 0.4) is 0 Å². The Balaban J connectivity index is 1.43. The van der Waals surface area contributed by atoms with Crippen molar-refractivity contribution in [3.63, 3.8) is 0 Å². The third-order valence-electron chi connectivity index (χ3n) is 5.76. The van der Waals surface area contributed by atoms with E-state index in [2.05, 4.69) is 53.9 Å². The summed E-state index contributed by atoms with van der Waals surface area (Å²) < 4.78 is 0. The number of nitrogens with one attached hydrogen (secondary N) is 1. The van der Waals surface area contributed by atoms with E-state index < -0.39 is 0 Å². The van der Waals surface area contributed by atoms with E-state index in [0.29, 0.717) is 5.92 Å². The highest BCUT2D eigenvalue weighted by molar-refractivity contribution is 6.02. The van der Waals surface area contributed by atoms with Crippen LogP contribution in [-0.2, 0) is 0 Å². The molecule has 0 fully saturated rings. The van der Waals surface area contributed by atoms with Gasteiger partial charge in [-0.2, -0.15) is 0 Å². The Morgan fingerprint density at radius 2 is 2.08 bits per heavy atom. The third kappa shape index (κ3) is 4.00. The molecule has 0 saturated carbocycles. The van der Waals surface area contributed by atoms with Crippen molar-refractivity contribution in [2.24, 2.45) is 10.9 Å². The lowest BCUT2D eigenvalue weighted by molar-refractivity contribution is 0.693. The normalized spacial score (nSPS) is 26.5. The number of rotatable bonds is 5. The van der Waals surface area contributed by atoms with Crippen LogP contribution in [-0.4, -0.2) is 18.8 Å². The van der Waals surface area contributed by atoms with Gasteiger partial charge in [0.15, 0.2) is 0 Å². The van der Waals surface area contributed by atoms with Gasteiger partial charge in [0, 0.05) is 19.0 Å². The van der Waals surface area contributed by atoms with Crippen LogP contribution in [0, 0.1) is 5.92 Å². The predicted molar refractivity (Wildman–Crippen MR) is 111 cm³/mol. The molecule has 0 saturated heterocycles. The van der Waals surface area contributed by atoms with Gasteiger partial charge in [-0.25, -0.2) is 0 Å². The van der Waals surface area contributed by atoms with Gasteiger partial charge in [0.05, 0.1) is 11.4 Å². The van der Waals surface area contributed by atoms with Gasteiger partial charge in [-0.1, -0.05) is 54.2 Å². The quantitative estimate of drug-likeness (QED) is 0.645. The molecule has 2 heteroatoms.